The van der Waals surface area contributed by atoms with Crippen LogP contribution in [0.1, 0.15) is 12.8 Å². The Hall–Kier alpha value is -0.810. The summed E-state index contributed by atoms with van der Waals surface area (Å²) in [6.45, 7) is 5.23. The minimum Gasteiger partial charge on any atom is -0.323 e. The van der Waals surface area contributed by atoms with Gasteiger partial charge >= 0.3 is 6.03 Å². The third-order valence-corrected chi connectivity index (χ3v) is 4.94. The number of likely N-dealkylation sites (tertiary alicyclic amines) is 1. The fraction of sp³-hybridized carbons (Fsp3) is 0.923. The smallest absolute Gasteiger partial charge is 0.320 e. The van der Waals surface area contributed by atoms with Gasteiger partial charge in [-0.1, -0.05) is 0 Å². The molecule has 3 aliphatic rings. The van der Waals surface area contributed by atoms with Gasteiger partial charge in [0, 0.05) is 26.7 Å². The molecule has 0 spiro atoms. The van der Waals surface area contributed by atoms with Gasteiger partial charge in [-0.15, -0.1) is 0 Å². The number of carbonyl (C=O) groups is 1. The average Bonchev–Trinajstić information content (AvgIpc) is 2.57. The van der Waals surface area contributed by atoms with Crippen molar-refractivity contribution >= 4 is 6.03 Å². The predicted octanol–water partition coefficient (Wildman–Crippen LogP) is 0.0360. The lowest BCUT2D eigenvalue weighted by Crippen LogP contribution is -2.58. The van der Waals surface area contributed by atoms with Crippen LogP contribution in [-0.4, -0.2) is 79.6 Å². The summed E-state index contributed by atoms with van der Waals surface area (Å²) < 4.78 is 0. The van der Waals surface area contributed by atoms with E-state index in [9.17, 15) is 4.79 Å². The molecule has 5 heteroatoms. The van der Waals surface area contributed by atoms with Crippen LogP contribution in [0.15, 0.2) is 0 Å². The molecule has 1 unspecified atom stereocenters. The first kappa shape index (κ1) is 12.2. The van der Waals surface area contributed by atoms with Crippen LogP contribution in [0.2, 0.25) is 0 Å². The highest BCUT2D eigenvalue weighted by atomic mass is 16.2. The molecule has 2 amide bonds. The van der Waals surface area contributed by atoms with E-state index in [4.69, 9.17) is 0 Å². The van der Waals surface area contributed by atoms with Gasteiger partial charge in [0.15, 0.2) is 0 Å². The Kier molecular flexibility index (Phi) is 3.20. The molecule has 5 nitrogen and oxygen atoms in total. The zero-order chi connectivity index (χ0) is 12.7. The molecule has 3 aliphatic heterocycles. The Morgan fingerprint density at radius 3 is 2.39 bits per heavy atom. The number of amides is 2. The largest absolute Gasteiger partial charge is 0.323 e. The maximum atomic E-state index is 12.3. The van der Waals surface area contributed by atoms with Gasteiger partial charge in [0.2, 0.25) is 0 Å². The summed E-state index contributed by atoms with van der Waals surface area (Å²) in [7, 11) is 4.17. The average molecular weight is 252 g/mol. The molecule has 1 N–H and O–H groups in total. The molecule has 0 aromatic heterocycles. The zero-order valence-electron chi connectivity index (χ0n) is 11.4. The first-order valence-electron chi connectivity index (χ1n) is 7.09. The SMILES string of the molecule is CN1CCC(C2CN(C3CNC3)C(=O)N2C)CC1. The summed E-state index contributed by atoms with van der Waals surface area (Å²) in [4.78, 5) is 18.7. The third kappa shape index (κ3) is 1.99. The molecule has 18 heavy (non-hydrogen) atoms. The Morgan fingerprint density at radius 1 is 1.17 bits per heavy atom. The van der Waals surface area contributed by atoms with Crippen LogP contribution in [0.4, 0.5) is 4.79 Å². The lowest BCUT2D eigenvalue weighted by Gasteiger charge is -2.36. The van der Waals surface area contributed by atoms with Crippen LogP contribution in [0.3, 0.4) is 0 Å². The van der Waals surface area contributed by atoms with E-state index in [-0.39, 0.29) is 6.03 Å². The van der Waals surface area contributed by atoms with E-state index >= 15 is 0 Å². The summed E-state index contributed by atoms with van der Waals surface area (Å²) in [6.07, 6.45) is 2.46. The Morgan fingerprint density at radius 2 is 1.83 bits per heavy atom. The monoisotopic (exact) mass is 252 g/mol. The van der Waals surface area contributed by atoms with Gasteiger partial charge in [-0.3, -0.25) is 0 Å². The number of nitrogens with one attached hydrogen (secondary N) is 1. The highest BCUT2D eigenvalue weighted by Gasteiger charge is 2.43. The zero-order valence-corrected chi connectivity index (χ0v) is 11.4. The summed E-state index contributed by atoms with van der Waals surface area (Å²) >= 11 is 0. The molecule has 3 fully saturated rings. The summed E-state index contributed by atoms with van der Waals surface area (Å²) in [5, 5.41) is 3.25. The van der Waals surface area contributed by atoms with Crippen molar-refractivity contribution in [2.45, 2.75) is 24.9 Å². The number of urea groups is 1. The van der Waals surface area contributed by atoms with Gasteiger partial charge < -0.3 is 20.0 Å². The van der Waals surface area contributed by atoms with E-state index in [1.807, 2.05) is 11.9 Å². The van der Waals surface area contributed by atoms with Crippen LogP contribution >= 0.6 is 0 Å². The fourth-order valence-electron chi connectivity index (χ4n) is 3.42. The molecule has 0 aliphatic carbocycles. The van der Waals surface area contributed by atoms with Crippen molar-refractivity contribution in [2.75, 3.05) is 46.8 Å². The van der Waals surface area contributed by atoms with E-state index < -0.39 is 0 Å². The van der Waals surface area contributed by atoms with E-state index in [1.54, 1.807) is 0 Å². The molecule has 0 aromatic carbocycles. The standard InChI is InChI=1S/C13H24N4O/c1-15-5-3-10(4-6-15)12-9-17(11-7-14-8-11)13(18)16(12)2/h10-12,14H,3-9H2,1-2H3. The summed E-state index contributed by atoms with van der Waals surface area (Å²) in [5.41, 5.74) is 0. The number of hydrogen-bond acceptors (Lipinski definition) is 3. The quantitative estimate of drug-likeness (QED) is 0.754. The second kappa shape index (κ2) is 4.70. The van der Waals surface area contributed by atoms with Crippen molar-refractivity contribution in [1.29, 1.82) is 0 Å². The third-order valence-electron chi connectivity index (χ3n) is 4.94. The van der Waals surface area contributed by atoms with E-state index in [0.29, 0.717) is 18.0 Å². The number of carbonyl (C=O) groups excluding carboxylic acids is 1. The molecule has 0 radical (unpaired) electrons. The number of hydrogen-bond donors (Lipinski definition) is 1. The molecule has 0 saturated carbocycles. The van der Waals surface area contributed by atoms with Gasteiger partial charge in [0.25, 0.3) is 0 Å². The summed E-state index contributed by atoms with van der Waals surface area (Å²) in [5.74, 6) is 0.688. The minimum absolute atomic E-state index is 0.241. The molecule has 3 heterocycles. The second-order valence-electron chi connectivity index (χ2n) is 6.07. The van der Waals surface area contributed by atoms with Crippen molar-refractivity contribution in [3.05, 3.63) is 0 Å². The fourth-order valence-corrected chi connectivity index (χ4v) is 3.42. The Balaban J connectivity index is 1.64. The van der Waals surface area contributed by atoms with Crippen molar-refractivity contribution in [3.63, 3.8) is 0 Å². The van der Waals surface area contributed by atoms with Crippen molar-refractivity contribution in [3.8, 4) is 0 Å². The minimum atomic E-state index is 0.241. The van der Waals surface area contributed by atoms with Gasteiger partial charge in [0.1, 0.15) is 0 Å². The lowest BCUT2D eigenvalue weighted by molar-refractivity contribution is 0.150. The number of piperidine rings is 1. The van der Waals surface area contributed by atoms with E-state index in [0.717, 1.165) is 19.6 Å². The molecule has 3 rings (SSSR count). The van der Waals surface area contributed by atoms with Crippen LogP contribution in [0.5, 0.6) is 0 Å². The molecule has 3 saturated heterocycles. The Labute approximate surface area is 109 Å². The van der Waals surface area contributed by atoms with Gasteiger partial charge in [-0.25, -0.2) is 4.79 Å². The number of nitrogens with zero attached hydrogens (tertiary/aromatic N) is 3. The number of rotatable bonds is 2. The topological polar surface area (TPSA) is 38.8 Å². The van der Waals surface area contributed by atoms with Crippen molar-refractivity contribution in [1.82, 2.24) is 20.0 Å². The summed E-state index contributed by atoms with van der Waals surface area (Å²) in [6, 6.07) is 1.12. The van der Waals surface area contributed by atoms with Crippen molar-refractivity contribution < 1.29 is 4.79 Å². The van der Waals surface area contributed by atoms with Crippen LogP contribution in [-0.2, 0) is 0 Å². The van der Waals surface area contributed by atoms with E-state index in [1.165, 1.54) is 25.9 Å². The number of likely N-dealkylation sites (N-methyl/N-ethyl adjacent to an activating group) is 1. The first-order valence-corrected chi connectivity index (χ1v) is 7.09. The molecule has 102 valence electrons. The molecule has 0 bridgehead atoms. The van der Waals surface area contributed by atoms with Crippen LogP contribution in [0.25, 0.3) is 0 Å². The molecular weight excluding hydrogens is 228 g/mol. The molecular formula is C13H24N4O. The van der Waals surface area contributed by atoms with Crippen molar-refractivity contribution in [2.24, 2.45) is 5.92 Å². The van der Waals surface area contributed by atoms with Gasteiger partial charge in [-0.2, -0.15) is 0 Å². The van der Waals surface area contributed by atoms with Crippen LogP contribution < -0.4 is 5.32 Å². The molecule has 1 atom stereocenters. The highest BCUT2D eigenvalue weighted by molar-refractivity contribution is 5.77. The first-order chi connectivity index (χ1) is 8.66. The predicted molar refractivity (Wildman–Crippen MR) is 70.5 cm³/mol. The highest BCUT2D eigenvalue weighted by Crippen LogP contribution is 2.29. The maximum Gasteiger partial charge on any atom is 0.320 e. The second-order valence-corrected chi connectivity index (χ2v) is 6.07. The van der Waals surface area contributed by atoms with Gasteiger partial charge in [-0.05, 0) is 38.9 Å². The lowest BCUT2D eigenvalue weighted by atomic mass is 9.89. The Bertz CT molecular complexity index is 323. The van der Waals surface area contributed by atoms with Crippen LogP contribution in [0, 0.1) is 5.92 Å². The maximum absolute atomic E-state index is 12.3. The van der Waals surface area contributed by atoms with E-state index in [2.05, 4.69) is 22.2 Å². The molecule has 0 aromatic rings. The normalized spacial score (nSPS) is 32.1. The van der Waals surface area contributed by atoms with Gasteiger partial charge in [0.05, 0.1) is 12.1 Å².